The van der Waals surface area contributed by atoms with Crippen LogP contribution >= 0.6 is 0 Å². The average Bonchev–Trinajstić information content (AvgIpc) is 2.46. The molecule has 0 aliphatic rings. The second-order valence-corrected chi connectivity index (χ2v) is 3.98. The summed E-state index contributed by atoms with van der Waals surface area (Å²) in [6.07, 6.45) is 3.35. The van der Waals surface area contributed by atoms with Crippen molar-refractivity contribution < 1.29 is 9.90 Å². The van der Waals surface area contributed by atoms with Crippen molar-refractivity contribution in [3.05, 3.63) is 30.6 Å². The third-order valence-corrected chi connectivity index (χ3v) is 2.46. The van der Waals surface area contributed by atoms with Crippen molar-refractivity contribution in [3.63, 3.8) is 0 Å². The molecule has 7 nitrogen and oxygen atoms in total. The van der Waals surface area contributed by atoms with E-state index in [-0.39, 0.29) is 12.5 Å². The lowest BCUT2D eigenvalue weighted by Crippen LogP contribution is -2.15. The topological polar surface area (TPSA) is 100 Å². The number of carboxylic acid groups (broad SMARTS) is 1. The molecule has 104 valence electrons. The highest BCUT2D eigenvalue weighted by Crippen LogP contribution is 2.20. The van der Waals surface area contributed by atoms with Crippen molar-refractivity contribution in [2.75, 3.05) is 23.7 Å². The second kappa shape index (κ2) is 6.46. The Labute approximate surface area is 116 Å². The van der Waals surface area contributed by atoms with E-state index in [0.717, 1.165) is 5.56 Å². The maximum absolute atomic E-state index is 10.6. The SMILES string of the molecule is CCNc1cc(-c2ccncc2)nc(NCC(=O)O)n1. The number of rotatable bonds is 6. The van der Waals surface area contributed by atoms with Crippen LogP contribution in [0.2, 0.25) is 0 Å². The van der Waals surface area contributed by atoms with Gasteiger partial charge in [0.25, 0.3) is 0 Å². The van der Waals surface area contributed by atoms with Crippen LogP contribution in [0, 0.1) is 0 Å². The average molecular weight is 273 g/mol. The highest BCUT2D eigenvalue weighted by Gasteiger charge is 2.07. The smallest absolute Gasteiger partial charge is 0.322 e. The minimum Gasteiger partial charge on any atom is -0.480 e. The fourth-order valence-electron chi connectivity index (χ4n) is 1.62. The van der Waals surface area contributed by atoms with Gasteiger partial charge in [0.05, 0.1) is 5.69 Å². The van der Waals surface area contributed by atoms with Gasteiger partial charge < -0.3 is 15.7 Å². The number of pyridine rings is 1. The Morgan fingerprint density at radius 3 is 2.65 bits per heavy atom. The van der Waals surface area contributed by atoms with Gasteiger partial charge in [0.2, 0.25) is 5.95 Å². The molecule has 0 atom stereocenters. The van der Waals surface area contributed by atoms with Crippen LogP contribution in [0.4, 0.5) is 11.8 Å². The Kier molecular flexibility index (Phi) is 4.43. The van der Waals surface area contributed by atoms with Crippen molar-refractivity contribution in [1.82, 2.24) is 15.0 Å². The molecule has 20 heavy (non-hydrogen) atoms. The van der Waals surface area contributed by atoms with Gasteiger partial charge in [-0.1, -0.05) is 0 Å². The lowest BCUT2D eigenvalue weighted by molar-refractivity contribution is -0.134. The molecule has 0 spiro atoms. The number of nitrogens with zero attached hydrogens (tertiary/aromatic N) is 3. The standard InChI is InChI=1S/C13H15N5O2/c1-2-15-11-7-10(9-3-5-14-6-4-9)17-13(18-11)16-8-12(19)20/h3-7H,2,8H2,1H3,(H,19,20)(H2,15,16,17,18). The maximum Gasteiger partial charge on any atom is 0.322 e. The van der Waals surface area contributed by atoms with Crippen LogP contribution in [0.1, 0.15) is 6.92 Å². The van der Waals surface area contributed by atoms with Crippen molar-refractivity contribution in [3.8, 4) is 11.3 Å². The highest BCUT2D eigenvalue weighted by atomic mass is 16.4. The first kappa shape index (κ1) is 13.7. The van der Waals surface area contributed by atoms with Crippen molar-refractivity contribution in [2.24, 2.45) is 0 Å². The monoisotopic (exact) mass is 273 g/mol. The van der Waals surface area contributed by atoms with E-state index >= 15 is 0 Å². The zero-order chi connectivity index (χ0) is 14.4. The quantitative estimate of drug-likeness (QED) is 0.732. The predicted molar refractivity (Wildman–Crippen MR) is 75.6 cm³/mol. The Hall–Kier alpha value is -2.70. The van der Waals surface area contributed by atoms with E-state index in [4.69, 9.17) is 5.11 Å². The molecule has 3 N–H and O–H groups in total. The van der Waals surface area contributed by atoms with Crippen LogP contribution in [0.15, 0.2) is 30.6 Å². The molecule has 2 aromatic heterocycles. The van der Waals surface area contributed by atoms with Crippen molar-refractivity contribution in [2.45, 2.75) is 6.92 Å². The van der Waals surface area contributed by atoms with Gasteiger partial charge in [-0.15, -0.1) is 0 Å². The van der Waals surface area contributed by atoms with Crippen molar-refractivity contribution >= 4 is 17.7 Å². The lowest BCUT2D eigenvalue weighted by atomic mass is 10.2. The third-order valence-electron chi connectivity index (χ3n) is 2.46. The molecule has 0 aliphatic heterocycles. The molecule has 0 aliphatic carbocycles. The van der Waals surface area contributed by atoms with E-state index in [1.54, 1.807) is 12.4 Å². The first-order valence-corrected chi connectivity index (χ1v) is 6.18. The summed E-state index contributed by atoms with van der Waals surface area (Å²) in [5.41, 5.74) is 1.59. The maximum atomic E-state index is 10.6. The Balaban J connectivity index is 2.33. The van der Waals surface area contributed by atoms with E-state index < -0.39 is 5.97 Å². The van der Waals surface area contributed by atoms with Gasteiger partial charge in [0, 0.05) is 30.6 Å². The molecule has 0 amide bonds. The zero-order valence-corrected chi connectivity index (χ0v) is 11.0. The second-order valence-electron chi connectivity index (χ2n) is 3.98. The number of aliphatic carboxylic acids is 1. The number of hydrogen-bond acceptors (Lipinski definition) is 6. The van der Waals surface area contributed by atoms with Gasteiger partial charge in [0.15, 0.2) is 0 Å². The first-order chi connectivity index (χ1) is 9.69. The molecule has 2 rings (SSSR count). The van der Waals surface area contributed by atoms with Crippen molar-refractivity contribution in [1.29, 1.82) is 0 Å². The molecule has 7 heteroatoms. The van der Waals surface area contributed by atoms with Crippen LogP contribution in [0.3, 0.4) is 0 Å². The molecule has 2 heterocycles. The number of anilines is 2. The van der Waals surface area contributed by atoms with Gasteiger partial charge in [-0.05, 0) is 19.1 Å². The number of carboxylic acids is 1. The lowest BCUT2D eigenvalue weighted by Gasteiger charge is -2.09. The number of hydrogen-bond donors (Lipinski definition) is 3. The molecular weight excluding hydrogens is 258 g/mol. The fraction of sp³-hybridized carbons (Fsp3) is 0.231. The van der Waals surface area contributed by atoms with Crippen LogP contribution in [-0.4, -0.2) is 39.1 Å². The molecule has 0 bridgehead atoms. The van der Waals surface area contributed by atoms with Crippen LogP contribution in [0.25, 0.3) is 11.3 Å². The predicted octanol–water partition coefficient (Wildman–Crippen LogP) is 1.47. The largest absolute Gasteiger partial charge is 0.480 e. The van der Waals surface area contributed by atoms with E-state index in [1.165, 1.54) is 0 Å². The summed E-state index contributed by atoms with van der Waals surface area (Å²) in [6.45, 7) is 2.44. The minimum atomic E-state index is -0.965. The summed E-state index contributed by atoms with van der Waals surface area (Å²) in [7, 11) is 0. The van der Waals surface area contributed by atoms with E-state index in [9.17, 15) is 4.79 Å². The van der Waals surface area contributed by atoms with Gasteiger partial charge in [0.1, 0.15) is 12.4 Å². The molecule has 0 radical (unpaired) electrons. The van der Waals surface area contributed by atoms with Gasteiger partial charge >= 0.3 is 5.97 Å². The zero-order valence-electron chi connectivity index (χ0n) is 11.0. The summed E-state index contributed by atoms with van der Waals surface area (Å²) >= 11 is 0. The number of carbonyl (C=O) groups is 1. The molecule has 2 aromatic rings. The first-order valence-electron chi connectivity index (χ1n) is 6.18. The van der Waals surface area contributed by atoms with E-state index in [1.807, 2.05) is 25.1 Å². The fourth-order valence-corrected chi connectivity index (χ4v) is 1.62. The Morgan fingerprint density at radius 2 is 2.00 bits per heavy atom. The Morgan fingerprint density at radius 1 is 1.25 bits per heavy atom. The molecule has 0 unspecified atom stereocenters. The van der Waals surface area contributed by atoms with Gasteiger partial charge in [-0.2, -0.15) is 4.98 Å². The molecule has 0 aromatic carbocycles. The van der Waals surface area contributed by atoms with E-state index in [0.29, 0.717) is 18.1 Å². The normalized spacial score (nSPS) is 10.1. The van der Waals surface area contributed by atoms with Gasteiger partial charge in [-0.25, -0.2) is 4.98 Å². The molecule has 0 fully saturated rings. The summed E-state index contributed by atoms with van der Waals surface area (Å²) in [5.74, 6) is -0.0484. The molecule has 0 saturated carbocycles. The molecular formula is C13H15N5O2. The summed E-state index contributed by atoms with van der Waals surface area (Å²) in [4.78, 5) is 23.1. The summed E-state index contributed by atoms with van der Waals surface area (Å²) in [5, 5.41) is 14.5. The summed E-state index contributed by atoms with van der Waals surface area (Å²) < 4.78 is 0. The van der Waals surface area contributed by atoms with E-state index in [2.05, 4.69) is 25.6 Å². The van der Waals surface area contributed by atoms with Gasteiger partial charge in [-0.3, -0.25) is 9.78 Å². The van der Waals surface area contributed by atoms with Crippen LogP contribution < -0.4 is 10.6 Å². The number of aromatic nitrogens is 3. The Bertz CT molecular complexity index is 589. The minimum absolute atomic E-state index is 0.231. The van der Waals surface area contributed by atoms with Crippen LogP contribution in [0.5, 0.6) is 0 Å². The van der Waals surface area contributed by atoms with Crippen LogP contribution in [-0.2, 0) is 4.79 Å². The molecule has 0 saturated heterocycles. The summed E-state index contributed by atoms with van der Waals surface area (Å²) in [6, 6.07) is 5.48. The highest BCUT2D eigenvalue weighted by molar-refractivity contribution is 5.72. The number of nitrogens with one attached hydrogen (secondary N) is 2. The third kappa shape index (κ3) is 3.64.